The molecule has 0 saturated carbocycles. The Hall–Kier alpha value is -1.04. The van der Waals surface area contributed by atoms with Crippen molar-refractivity contribution in [1.82, 2.24) is 30.3 Å². The van der Waals surface area contributed by atoms with E-state index in [1.807, 2.05) is 30.3 Å². The highest BCUT2D eigenvalue weighted by Crippen LogP contribution is 2.20. The Bertz CT molecular complexity index is 629. The second kappa shape index (κ2) is 13.2. The van der Waals surface area contributed by atoms with E-state index in [9.17, 15) is 4.79 Å². The van der Waals surface area contributed by atoms with E-state index in [4.69, 9.17) is 4.99 Å². The van der Waals surface area contributed by atoms with Gasteiger partial charge in [-0.1, -0.05) is 0 Å². The topological polar surface area (TPSA) is 87.4 Å². The van der Waals surface area contributed by atoms with Gasteiger partial charge in [0.15, 0.2) is 11.8 Å². The van der Waals surface area contributed by atoms with Crippen LogP contribution in [0.3, 0.4) is 0 Å². The van der Waals surface area contributed by atoms with Crippen molar-refractivity contribution < 1.29 is 4.79 Å². The Morgan fingerprint density at radius 1 is 1.32 bits per heavy atom. The van der Waals surface area contributed by atoms with Crippen LogP contribution in [0, 0.1) is 12.8 Å². The predicted molar refractivity (Wildman–Crippen MR) is 126 cm³/mol. The fraction of sp³-hybridized carbons (Fsp3) is 0.778. The first kappa shape index (κ1) is 25.0. The summed E-state index contributed by atoms with van der Waals surface area (Å²) in [5.41, 5.74) is 0. The maximum absolute atomic E-state index is 11.6. The van der Waals surface area contributed by atoms with Gasteiger partial charge < -0.3 is 20.1 Å². The normalized spacial score (nSPS) is 15.3. The molecule has 2 N–H and O–H groups in total. The summed E-state index contributed by atoms with van der Waals surface area (Å²) in [7, 11) is 3.67. The van der Waals surface area contributed by atoms with Gasteiger partial charge in [-0.15, -0.1) is 34.2 Å². The van der Waals surface area contributed by atoms with Crippen molar-refractivity contribution in [2.24, 2.45) is 18.0 Å². The molecule has 10 heteroatoms. The van der Waals surface area contributed by atoms with Crippen molar-refractivity contribution in [1.29, 1.82) is 0 Å². The van der Waals surface area contributed by atoms with Crippen LogP contribution in [0.15, 0.2) is 4.99 Å². The number of piperidine rings is 1. The molecule has 1 fully saturated rings. The van der Waals surface area contributed by atoms with E-state index in [1.54, 1.807) is 7.05 Å². The third kappa shape index (κ3) is 7.76. The molecular formula is C18H34IN7OS. The zero-order valence-electron chi connectivity index (χ0n) is 17.4. The highest BCUT2D eigenvalue weighted by Gasteiger charge is 2.23. The summed E-state index contributed by atoms with van der Waals surface area (Å²) >= 11 is 1.86. The van der Waals surface area contributed by atoms with Crippen LogP contribution < -0.4 is 10.6 Å². The summed E-state index contributed by atoms with van der Waals surface area (Å²) in [5, 5.41) is 14.6. The summed E-state index contributed by atoms with van der Waals surface area (Å²) in [6, 6.07) is 0. The zero-order valence-corrected chi connectivity index (χ0v) is 20.5. The number of amides is 1. The molecule has 1 aromatic heterocycles. The van der Waals surface area contributed by atoms with Crippen molar-refractivity contribution in [2.45, 2.75) is 39.2 Å². The van der Waals surface area contributed by atoms with Crippen molar-refractivity contribution in [3.63, 3.8) is 0 Å². The maximum Gasteiger partial charge on any atom is 0.220 e. The first-order valence-corrected chi connectivity index (χ1v) is 11.0. The van der Waals surface area contributed by atoms with Crippen LogP contribution in [-0.2, 0) is 18.4 Å². The van der Waals surface area contributed by atoms with E-state index >= 15 is 0 Å². The Morgan fingerprint density at radius 3 is 2.61 bits per heavy atom. The van der Waals surface area contributed by atoms with Crippen molar-refractivity contribution in [3.05, 3.63) is 11.6 Å². The van der Waals surface area contributed by atoms with Crippen LogP contribution in [0.25, 0.3) is 0 Å². The smallest absolute Gasteiger partial charge is 0.220 e. The Balaban J connectivity index is 0.00000392. The number of thioether (sulfide) groups is 1. The number of halogens is 1. The van der Waals surface area contributed by atoms with Crippen molar-refractivity contribution in [2.75, 3.05) is 38.7 Å². The van der Waals surface area contributed by atoms with Crippen LogP contribution in [0.2, 0.25) is 0 Å². The van der Waals surface area contributed by atoms with E-state index in [0.29, 0.717) is 18.9 Å². The maximum atomic E-state index is 11.6. The van der Waals surface area contributed by atoms with Gasteiger partial charge in [0.2, 0.25) is 5.91 Å². The zero-order chi connectivity index (χ0) is 19.6. The van der Waals surface area contributed by atoms with Gasteiger partial charge >= 0.3 is 0 Å². The summed E-state index contributed by atoms with van der Waals surface area (Å²) in [6.45, 7) is 5.22. The lowest BCUT2D eigenvalue weighted by molar-refractivity contribution is -0.121. The molecule has 28 heavy (non-hydrogen) atoms. The fourth-order valence-corrected chi connectivity index (χ4v) is 3.56. The monoisotopic (exact) mass is 523 g/mol. The number of nitrogens with one attached hydrogen (secondary N) is 2. The van der Waals surface area contributed by atoms with Crippen molar-refractivity contribution in [3.8, 4) is 0 Å². The second-order valence-corrected chi connectivity index (χ2v) is 7.93. The molecule has 0 aromatic carbocycles. The number of nitrogens with zero attached hydrogens (tertiary/aromatic N) is 5. The van der Waals surface area contributed by atoms with Gasteiger partial charge in [-0.25, -0.2) is 4.99 Å². The summed E-state index contributed by atoms with van der Waals surface area (Å²) in [4.78, 5) is 18.7. The first-order valence-electron chi connectivity index (χ1n) is 9.62. The minimum absolute atomic E-state index is 0. The number of carbonyl (C=O) groups excluding carboxylic acids is 1. The quantitative estimate of drug-likeness (QED) is 0.234. The molecule has 1 amide bonds. The number of hydrogen-bond acceptors (Lipinski definition) is 5. The summed E-state index contributed by atoms with van der Waals surface area (Å²) < 4.78 is 1.98. The summed E-state index contributed by atoms with van der Waals surface area (Å²) in [5.74, 6) is 4.43. The van der Waals surface area contributed by atoms with Crippen LogP contribution in [0.1, 0.15) is 37.3 Å². The predicted octanol–water partition coefficient (Wildman–Crippen LogP) is 1.79. The Kier molecular flexibility index (Phi) is 11.8. The molecule has 1 aliphatic rings. The minimum atomic E-state index is 0. The van der Waals surface area contributed by atoms with Crippen molar-refractivity contribution >= 4 is 47.6 Å². The molecule has 2 heterocycles. The molecular weight excluding hydrogens is 489 g/mol. The number of aryl methyl sites for hydroxylation is 1. The number of aliphatic imine (C=N–C) groups is 1. The average Bonchev–Trinajstić information content (AvgIpc) is 3.00. The number of carbonyl (C=O) groups is 1. The minimum Gasteiger partial charge on any atom is -0.359 e. The number of guanidine groups is 1. The largest absolute Gasteiger partial charge is 0.359 e. The third-order valence-corrected chi connectivity index (χ3v) is 5.73. The molecule has 1 aromatic rings. The van der Waals surface area contributed by atoms with Crippen LogP contribution in [0.4, 0.5) is 0 Å². The van der Waals surface area contributed by atoms with Gasteiger partial charge in [-0.2, -0.15) is 11.8 Å². The fourth-order valence-electron chi connectivity index (χ4n) is 3.13. The SMILES string of the molecule is CNC(=O)CC1CCN(C(=NCc2nnc(C)n2C)NCCCSC)CC1.I. The lowest BCUT2D eigenvalue weighted by Crippen LogP contribution is -2.46. The molecule has 1 saturated heterocycles. The third-order valence-electron chi connectivity index (χ3n) is 5.03. The number of hydrogen-bond donors (Lipinski definition) is 2. The van der Waals surface area contributed by atoms with Gasteiger partial charge in [0.05, 0.1) is 0 Å². The molecule has 0 atom stereocenters. The molecule has 0 spiro atoms. The van der Waals surface area contributed by atoms with Crippen LogP contribution in [0.5, 0.6) is 0 Å². The van der Waals surface area contributed by atoms with Crippen LogP contribution in [-0.4, -0.2) is 70.2 Å². The molecule has 1 aliphatic heterocycles. The molecule has 0 bridgehead atoms. The van der Waals surface area contributed by atoms with Gasteiger partial charge in [0, 0.05) is 40.2 Å². The Labute approximate surface area is 189 Å². The van der Waals surface area contributed by atoms with Gasteiger partial charge in [0.25, 0.3) is 0 Å². The standard InChI is InChI=1S/C18H33N7OS.HI/c1-14-22-23-16(24(14)3)13-21-18(20-8-5-11-27-4)25-9-6-15(7-10-25)12-17(26)19-2;/h15H,5-13H2,1-4H3,(H,19,26)(H,20,21);1H. The highest BCUT2D eigenvalue weighted by atomic mass is 127. The number of aromatic nitrogens is 3. The second-order valence-electron chi connectivity index (χ2n) is 6.94. The molecule has 8 nitrogen and oxygen atoms in total. The van der Waals surface area contributed by atoms with Gasteiger partial charge in [0.1, 0.15) is 12.4 Å². The molecule has 0 unspecified atom stereocenters. The van der Waals surface area contributed by atoms with E-state index in [-0.39, 0.29) is 29.9 Å². The van der Waals surface area contributed by atoms with E-state index in [0.717, 1.165) is 62.3 Å². The lowest BCUT2D eigenvalue weighted by Gasteiger charge is -2.34. The van der Waals surface area contributed by atoms with Gasteiger partial charge in [-0.3, -0.25) is 4.79 Å². The number of rotatable bonds is 8. The van der Waals surface area contributed by atoms with E-state index < -0.39 is 0 Å². The highest BCUT2D eigenvalue weighted by molar-refractivity contribution is 14.0. The molecule has 2 rings (SSSR count). The molecule has 160 valence electrons. The van der Waals surface area contributed by atoms with E-state index in [1.165, 1.54) is 0 Å². The molecule has 0 aliphatic carbocycles. The average molecular weight is 523 g/mol. The number of likely N-dealkylation sites (tertiary alicyclic amines) is 1. The summed E-state index contributed by atoms with van der Waals surface area (Å²) in [6.07, 6.45) is 5.89. The lowest BCUT2D eigenvalue weighted by atomic mass is 9.93. The Morgan fingerprint density at radius 2 is 2.04 bits per heavy atom. The van der Waals surface area contributed by atoms with Gasteiger partial charge in [-0.05, 0) is 44.1 Å². The van der Waals surface area contributed by atoms with E-state index in [2.05, 4.69) is 32.0 Å². The first-order chi connectivity index (χ1) is 13.0. The van der Waals surface area contributed by atoms with Crippen LogP contribution >= 0.6 is 35.7 Å². The molecule has 0 radical (unpaired) electrons.